The Bertz CT molecular complexity index is 2710. The van der Waals surface area contributed by atoms with E-state index in [9.17, 15) is 10.5 Å². The lowest BCUT2D eigenvalue weighted by Gasteiger charge is -2.16. The van der Waals surface area contributed by atoms with Crippen molar-refractivity contribution in [2.75, 3.05) is 0 Å². The van der Waals surface area contributed by atoms with E-state index in [0.29, 0.717) is 16.8 Å². The Hall–Kier alpha value is -6.88. The monoisotopic (exact) mass is 610 g/mol. The van der Waals surface area contributed by atoms with E-state index >= 15 is 0 Å². The molecular formula is C44H26N4. The first-order valence-corrected chi connectivity index (χ1v) is 15.9. The summed E-state index contributed by atoms with van der Waals surface area (Å²) in [5, 5.41) is 25.3. The van der Waals surface area contributed by atoms with Gasteiger partial charge in [-0.15, -0.1) is 0 Å². The Morgan fingerprint density at radius 2 is 0.854 bits per heavy atom. The van der Waals surface area contributed by atoms with E-state index in [0.717, 1.165) is 60.8 Å². The second-order valence-corrected chi connectivity index (χ2v) is 12.0. The lowest BCUT2D eigenvalue weighted by atomic mass is 9.94. The molecule has 9 aromatic rings. The van der Waals surface area contributed by atoms with Crippen LogP contribution in [0.15, 0.2) is 158 Å². The Morgan fingerprint density at radius 1 is 0.375 bits per heavy atom. The topological polar surface area (TPSA) is 57.4 Å². The number of hydrogen-bond donors (Lipinski definition) is 0. The van der Waals surface area contributed by atoms with E-state index in [4.69, 9.17) is 0 Å². The van der Waals surface area contributed by atoms with E-state index in [2.05, 4.69) is 149 Å². The number of para-hydroxylation sites is 5. The average molecular weight is 611 g/mol. The molecule has 0 amide bonds. The van der Waals surface area contributed by atoms with Crippen molar-refractivity contribution in [2.24, 2.45) is 0 Å². The Kier molecular flexibility index (Phi) is 6.22. The smallest absolute Gasteiger partial charge is 0.103 e. The molecule has 0 saturated heterocycles. The Morgan fingerprint density at radius 3 is 1.40 bits per heavy atom. The molecule has 2 aromatic heterocycles. The van der Waals surface area contributed by atoms with E-state index in [1.54, 1.807) is 0 Å². The van der Waals surface area contributed by atoms with Crippen LogP contribution in [0.5, 0.6) is 0 Å². The van der Waals surface area contributed by atoms with Crippen LogP contribution in [0.1, 0.15) is 11.1 Å². The summed E-state index contributed by atoms with van der Waals surface area (Å²) in [4.78, 5) is 0. The fourth-order valence-electron chi connectivity index (χ4n) is 7.32. The van der Waals surface area contributed by atoms with Crippen molar-refractivity contribution in [1.29, 1.82) is 10.5 Å². The Balaban J connectivity index is 1.26. The van der Waals surface area contributed by atoms with Gasteiger partial charge in [-0.3, -0.25) is 0 Å². The van der Waals surface area contributed by atoms with Crippen LogP contribution in [-0.2, 0) is 0 Å². The molecule has 9 rings (SSSR count). The predicted octanol–water partition coefficient (Wildman–Crippen LogP) is 11.0. The van der Waals surface area contributed by atoms with Gasteiger partial charge in [-0.25, -0.2) is 0 Å². The van der Waals surface area contributed by atoms with Gasteiger partial charge in [-0.05, 0) is 65.2 Å². The van der Waals surface area contributed by atoms with Crippen LogP contribution in [0.4, 0.5) is 0 Å². The number of nitrogens with zero attached hydrogens (tertiary/aromatic N) is 4. The van der Waals surface area contributed by atoms with Gasteiger partial charge < -0.3 is 9.13 Å². The summed E-state index contributed by atoms with van der Waals surface area (Å²) in [5.74, 6) is 0. The fourth-order valence-corrected chi connectivity index (χ4v) is 7.32. The minimum atomic E-state index is 0.350. The molecule has 0 spiro atoms. The first-order valence-electron chi connectivity index (χ1n) is 15.9. The van der Waals surface area contributed by atoms with Crippen molar-refractivity contribution in [3.63, 3.8) is 0 Å². The third-order valence-corrected chi connectivity index (χ3v) is 9.40. The van der Waals surface area contributed by atoms with Crippen LogP contribution in [0.2, 0.25) is 0 Å². The van der Waals surface area contributed by atoms with Gasteiger partial charge in [0.05, 0.1) is 44.6 Å². The first kappa shape index (κ1) is 27.4. The van der Waals surface area contributed by atoms with E-state index in [-0.39, 0.29) is 0 Å². The van der Waals surface area contributed by atoms with Crippen molar-refractivity contribution in [3.8, 4) is 45.8 Å². The first-order chi connectivity index (χ1) is 23.7. The van der Waals surface area contributed by atoms with Gasteiger partial charge in [-0.1, -0.05) is 109 Å². The molecule has 4 heteroatoms. The third kappa shape index (κ3) is 4.07. The van der Waals surface area contributed by atoms with Crippen molar-refractivity contribution in [3.05, 3.63) is 169 Å². The zero-order valence-corrected chi connectivity index (χ0v) is 25.8. The highest BCUT2D eigenvalue weighted by Crippen LogP contribution is 2.39. The molecular weight excluding hydrogens is 585 g/mol. The summed E-state index contributed by atoms with van der Waals surface area (Å²) in [6, 6.07) is 59.1. The molecule has 7 aromatic carbocycles. The lowest BCUT2D eigenvalue weighted by molar-refractivity contribution is 1.16. The number of fused-ring (bicyclic) bond motifs is 6. The summed E-state index contributed by atoms with van der Waals surface area (Å²) in [5.41, 5.74) is 10.8. The second-order valence-electron chi connectivity index (χ2n) is 12.0. The summed E-state index contributed by atoms with van der Waals surface area (Å²) >= 11 is 0. The zero-order chi connectivity index (χ0) is 32.2. The Labute approximate surface area is 277 Å². The molecule has 0 fully saturated rings. The normalized spacial score (nSPS) is 11.3. The molecule has 0 unspecified atom stereocenters. The molecule has 0 bridgehead atoms. The van der Waals surface area contributed by atoms with Gasteiger partial charge in [0.1, 0.15) is 12.1 Å². The molecule has 0 radical (unpaired) electrons. The van der Waals surface area contributed by atoms with E-state index in [1.165, 1.54) is 10.8 Å². The molecule has 4 nitrogen and oxygen atoms in total. The van der Waals surface area contributed by atoms with Crippen molar-refractivity contribution in [1.82, 2.24) is 9.13 Å². The van der Waals surface area contributed by atoms with Gasteiger partial charge in [0, 0.05) is 27.1 Å². The maximum absolute atomic E-state index is 10.4. The zero-order valence-electron chi connectivity index (χ0n) is 25.8. The van der Waals surface area contributed by atoms with E-state index in [1.807, 2.05) is 30.3 Å². The number of benzene rings is 7. The second kappa shape index (κ2) is 10.9. The van der Waals surface area contributed by atoms with Crippen molar-refractivity contribution >= 4 is 43.6 Å². The molecule has 222 valence electrons. The largest absolute Gasteiger partial charge is 0.309 e. The average Bonchev–Trinajstić information content (AvgIpc) is 3.67. The summed E-state index contributed by atoms with van der Waals surface area (Å²) in [6.45, 7) is 0. The van der Waals surface area contributed by atoms with Gasteiger partial charge in [0.25, 0.3) is 0 Å². The molecule has 0 aliphatic heterocycles. The highest BCUT2D eigenvalue weighted by molar-refractivity contribution is 6.10. The fraction of sp³-hybridized carbons (Fsp3) is 0. The summed E-state index contributed by atoms with van der Waals surface area (Å²) in [7, 11) is 0. The quantitative estimate of drug-likeness (QED) is 0.199. The van der Waals surface area contributed by atoms with Gasteiger partial charge in [0.2, 0.25) is 0 Å². The van der Waals surface area contributed by atoms with Crippen molar-refractivity contribution in [2.45, 2.75) is 0 Å². The molecule has 0 saturated carbocycles. The highest BCUT2D eigenvalue weighted by Gasteiger charge is 2.20. The van der Waals surface area contributed by atoms with Gasteiger partial charge >= 0.3 is 0 Å². The number of aromatic nitrogens is 2. The molecule has 0 N–H and O–H groups in total. The van der Waals surface area contributed by atoms with Crippen molar-refractivity contribution < 1.29 is 0 Å². The van der Waals surface area contributed by atoms with Gasteiger partial charge in [0.15, 0.2) is 0 Å². The maximum atomic E-state index is 10.4. The van der Waals surface area contributed by atoms with Crippen LogP contribution in [0, 0.1) is 22.7 Å². The summed E-state index contributed by atoms with van der Waals surface area (Å²) < 4.78 is 4.47. The number of rotatable bonds is 4. The predicted molar refractivity (Wildman–Crippen MR) is 195 cm³/mol. The highest BCUT2D eigenvalue weighted by atomic mass is 15.0. The molecule has 48 heavy (non-hydrogen) atoms. The van der Waals surface area contributed by atoms with Crippen LogP contribution < -0.4 is 0 Å². The third-order valence-electron chi connectivity index (χ3n) is 9.40. The lowest BCUT2D eigenvalue weighted by Crippen LogP contribution is -2.01. The standard InChI is InChI=1S/C44H26N4/c45-27-32-25-31(26-44(38(32)28-46)48-42-22-9-4-17-36(42)37-18-5-10-23-43(37)48)29-12-11-13-30(24-29)33-14-1-6-19-39(33)47-40-20-7-2-15-34(40)35-16-3-8-21-41(35)47/h1-26H. The van der Waals surface area contributed by atoms with E-state index < -0.39 is 0 Å². The van der Waals surface area contributed by atoms with Crippen LogP contribution >= 0.6 is 0 Å². The van der Waals surface area contributed by atoms with Crippen LogP contribution in [0.25, 0.3) is 77.2 Å². The number of hydrogen-bond acceptors (Lipinski definition) is 2. The molecule has 0 aliphatic carbocycles. The molecule has 0 aliphatic rings. The van der Waals surface area contributed by atoms with Gasteiger partial charge in [-0.2, -0.15) is 10.5 Å². The van der Waals surface area contributed by atoms with Crippen LogP contribution in [-0.4, -0.2) is 9.13 Å². The SMILES string of the molecule is N#Cc1cc(-c2cccc(-c3ccccc3-n3c4ccccc4c4ccccc43)c2)cc(-n2c3ccccc3c3ccccc32)c1C#N. The number of nitriles is 2. The maximum Gasteiger partial charge on any atom is 0.103 e. The molecule has 0 atom stereocenters. The molecule has 2 heterocycles. The minimum Gasteiger partial charge on any atom is -0.309 e. The summed E-state index contributed by atoms with van der Waals surface area (Å²) in [6.07, 6.45) is 0. The van der Waals surface area contributed by atoms with Crippen LogP contribution in [0.3, 0.4) is 0 Å². The minimum absolute atomic E-state index is 0.350.